The van der Waals surface area contributed by atoms with Crippen LogP contribution in [0.1, 0.15) is 33.1 Å². The van der Waals surface area contributed by atoms with E-state index in [1.807, 2.05) is 0 Å². The van der Waals surface area contributed by atoms with Crippen molar-refractivity contribution in [1.82, 2.24) is 15.5 Å². The van der Waals surface area contributed by atoms with Gasteiger partial charge in [-0.15, -0.1) is 0 Å². The Bertz CT molecular complexity index is 395. The molecule has 0 aromatic carbocycles. The van der Waals surface area contributed by atoms with E-state index in [1.165, 1.54) is 12.8 Å². The number of amides is 1. The van der Waals surface area contributed by atoms with Crippen molar-refractivity contribution in [2.75, 3.05) is 32.7 Å². The molecule has 0 radical (unpaired) electrons. The molecule has 2 aliphatic heterocycles. The van der Waals surface area contributed by atoms with Gasteiger partial charge in [-0.25, -0.2) is 0 Å². The summed E-state index contributed by atoms with van der Waals surface area (Å²) >= 11 is 0. The highest BCUT2D eigenvalue weighted by atomic mass is 16.4. The Morgan fingerprint density at radius 1 is 1.00 bits per heavy atom. The van der Waals surface area contributed by atoms with Crippen molar-refractivity contribution in [3.05, 3.63) is 0 Å². The van der Waals surface area contributed by atoms with E-state index in [4.69, 9.17) is 19.8 Å². The van der Waals surface area contributed by atoms with E-state index in [0.29, 0.717) is 17.9 Å². The molecule has 2 heterocycles. The minimum Gasteiger partial charge on any atom is -0.481 e. The first kappa shape index (κ1) is 20.4. The van der Waals surface area contributed by atoms with Crippen molar-refractivity contribution in [3.8, 4) is 0 Å². The third-order valence-electron chi connectivity index (χ3n) is 4.37. The molecule has 1 saturated carbocycles. The van der Waals surface area contributed by atoms with Crippen molar-refractivity contribution < 1.29 is 24.6 Å². The predicted octanol–water partition coefficient (Wildman–Crippen LogP) is -0.0119. The molecule has 2 saturated heterocycles. The first-order valence-corrected chi connectivity index (χ1v) is 8.45. The molecular weight excluding hydrogens is 314 g/mol. The first-order chi connectivity index (χ1) is 11.3. The standard InChI is InChI=1S/C12H21N3O.2C2H4O2/c16-12(15-6-1-4-13-5-7-15)11-9-2-3-10(11)14-8-9;2*1-2(3)4/h9-11,13-14H,1-8H2;2*1H3,(H,3,4)/t9-,10-,11+;;/m0../s1. The van der Waals surface area contributed by atoms with Crippen LogP contribution < -0.4 is 10.6 Å². The summed E-state index contributed by atoms with van der Waals surface area (Å²) in [4.78, 5) is 32.6. The van der Waals surface area contributed by atoms with Crippen LogP contribution in [0, 0.1) is 11.8 Å². The zero-order chi connectivity index (χ0) is 18.1. The molecule has 0 aromatic heterocycles. The van der Waals surface area contributed by atoms with Crippen molar-refractivity contribution in [2.24, 2.45) is 11.8 Å². The Morgan fingerprint density at radius 2 is 1.62 bits per heavy atom. The van der Waals surface area contributed by atoms with Gasteiger partial charge in [0.1, 0.15) is 0 Å². The number of fused-ring (bicyclic) bond motifs is 2. The molecule has 3 fully saturated rings. The van der Waals surface area contributed by atoms with E-state index in [-0.39, 0.29) is 5.92 Å². The second-order valence-corrected chi connectivity index (χ2v) is 6.34. The maximum Gasteiger partial charge on any atom is 0.300 e. The molecule has 3 rings (SSSR count). The molecule has 138 valence electrons. The topological polar surface area (TPSA) is 119 Å². The molecule has 1 amide bonds. The fraction of sp³-hybridized carbons (Fsp3) is 0.812. The Kier molecular flexibility index (Phi) is 8.70. The van der Waals surface area contributed by atoms with Crippen LogP contribution in [0.5, 0.6) is 0 Å². The van der Waals surface area contributed by atoms with E-state index >= 15 is 0 Å². The van der Waals surface area contributed by atoms with E-state index in [9.17, 15) is 4.79 Å². The Morgan fingerprint density at radius 3 is 2.08 bits per heavy atom. The number of carbonyl (C=O) groups excluding carboxylic acids is 1. The van der Waals surface area contributed by atoms with Gasteiger partial charge >= 0.3 is 0 Å². The molecular formula is C16H29N3O5. The number of hydrogen-bond donors (Lipinski definition) is 4. The van der Waals surface area contributed by atoms with Gasteiger partial charge in [-0.1, -0.05) is 0 Å². The van der Waals surface area contributed by atoms with Crippen LogP contribution in [0.15, 0.2) is 0 Å². The van der Waals surface area contributed by atoms with Gasteiger partial charge in [0, 0.05) is 39.5 Å². The Balaban J connectivity index is 0.000000306. The number of carboxylic acids is 2. The van der Waals surface area contributed by atoms with Gasteiger partial charge in [0.25, 0.3) is 11.9 Å². The molecule has 8 heteroatoms. The molecule has 0 spiro atoms. The lowest BCUT2D eigenvalue weighted by atomic mass is 9.96. The average molecular weight is 343 g/mol. The third kappa shape index (κ3) is 6.84. The van der Waals surface area contributed by atoms with Crippen LogP contribution in [0.4, 0.5) is 0 Å². The van der Waals surface area contributed by atoms with Crippen molar-refractivity contribution in [2.45, 2.75) is 39.2 Å². The number of carbonyl (C=O) groups is 3. The average Bonchev–Trinajstić information content (AvgIpc) is 2.95. The van der Waals surface area contributed by atoms with Gasteiger partial charge in [0.15, 0.2) is 0 Å². The zero-order valence-corrected chi connectivity index (χ0v) is 14.5. The van der Waals surface area contributed by atoms with Gasteiger partial charge in [0.05, 0.1) is 5.92 Å². The van der Waals surface area contributed by atoms with Gasteiger partial charge in [-0.2, -0.15) is 0 Å². The van der Waals surface area contributed by atoms with Gasteiger partial charge in [-0.05, 0) is 38.3 Å². The normalized spacial score (nSPS) is 27.9. The summed E-state index contributed by atoms with van der Waals surface area (Å²) in [7, 11) is 0. The summed E-state index contributed by atoms with van der Waals surface area (Å²) in [6, 6.07) is 0.480. The molecule has 3 atom stereocenters. The minimum absolute atomic E-state index is 0.290. The summed E-state index contributed by atoms with van der Waals surface area (Å²) < 4.78 is 0. The molecule has 1 aliphatic carbocycles. The second kappa shape index (κ2) is 10.2. The minimum atomic E-state index is -0.833. The lowest BCUT2D eigenvalue weighted by Gasteiger charge is -2.25. The molecule has 0 unspecified atom stereocenters. The Labute approximate surface area is 142 Å². The number of nitrogens with zero attached hydrogens (tertiary/aromatic N) is 1. The van der Waals surface area contributed by atoms with Gasteiger partial charge in [0.2, 0.25) is 5.91 Å². The number of rotatable bonds is 1. The summed E-state index contributed by atoms with van der Waals surface area (Å²) in [5, 5.41) is 21.7. The summed E-state index contributed by atoms with van der Waals surface area (Å²) in [6.45, 7) is 7.09. The van der Waals surface area contributed by atoms with Crippen molar-refractivity contribution >= 4 is 17.8 Å². The molecule has 0 aromatic rings. The van der Waals surface area contributed by atoms with Crippen LogP contribution >= 0.6 is 0 Å². The molecule has 8 nitrogen and oxygen atoms in total. The summed E-state index contributed by atoms with van der Waals surface area (Å²) in [5.74, 6) is -0.340. The molecule has 4 N–H and O–H groups in total. The predicted molar refractivity (Wildman–Crippen MR) is 88.7 cm³/mol. The highest BCUT2D eigenvalue weighted by Crippen LogP contribution is 2.38. The molecule has 3 aliphatic rings. The first-order valence-electron chi connectivity index (χ1n) is 8.45. The number of hydrogen-bond acceptors (Lipinski definition) is 5. The SMILES string of the molecule is CC(=O)O.CC(=O)O.O=C([C@@H]1[C@H]2CC[C@@H]1NC2)N1CCCNCC1. The maximum absolute atomic E-state index is 12.5. The molecule has 24 heavy (non-hydrogen) atoms. The number of aliphatic carboxylic acids is 2. The smallest absolute Gasteiger partial charge is 0.300 e. The van der Waals surface area contributed by atoms with Crippen LogP contribution in [-0.2, 0) is 14.4 Å². The highest BCUT2D eigenvalue weighted by Gasteiger charge is 2.46. The maximum atomic E-state index is 12.5. The third-order valence-corrected chi connectivity index (χ3v) is 4.37. The lowest BCUT2D eigenvalue weighted by Crippen LogP contribution is -2.42. The van der Waals surface area contributed by atoms with Crippen molar-refractivity contribution in [3.63, 3.8) is 0 Å². The number of carboxylic acid groups (broad SMARTS) is 2. The number of piperidine rings is 1. The Hall–Kier alpha value is -1.67. The second-order valence-electron chi connectivity index (χ2n) is 6.34. The summed E-state index contributed by atoms with van der Waals surface area (Å²) in [6.07, 6.45) is 3.55. The lowest BCUT2D eigenvalue weighted by molar-refractivity contribution is -0.136. The van der Waals surface area contributed by atoms with Gasteiger partial charge < -0.3 is 25.7 Å². The summed E-state index contributed by atoms with van der Waals surface area (Å²) in [5.41, 5.74) is 0. The van der Waals surface area contributed by atoms with E-state index in [0.717, 1.165) is 53.0 Å². The number of nitrogens with one attached hydrogen (secondary N) is 2. The van der Waals surface area contributed by atoms with Gasteiger partial charge in [-0.3, -0.25) is 14.4 Å². The zero-order valence-electron chi connectivity index (χ0n) is 14.5. The fourth-order valence-electron chi connectivity index (χ4n) is 3.49. The van der Waals surface area contributed by atoms with E-state index in [2.05, 4.69) is 15.5 Å². The largest absolute Gasteiger partial charge is 0.481 e. The quantitative estimate of drug-likeness (QED) is 0.528. The van der Waals surface area contributed by atoms with Crippen molar-refractivity contribution in [1.29, 1.82) is 0 Å². The monoisotopic (exact) mass is 343 g/mol. The highest BCUT2D eigenvalue weighted by molar-refractivity contribution is 5.80. The molecule has 2 bridgehead atoms. The van der Waals surface area contributed by atoms with Crippen LogP contribution in [0.25, 0.3) is 0 Å². The van der Waals surface area contributed by atoms with E-state index in [1.54, 1.807) is 0 Å². The van der Waals surface area contributed by atoms with Crippen LogP contribution in [0.2, 0.25) is 0 Å². The fourth-order valence-corrected chi connectivity index (χ4v) is 3.49. The van der Waals surface area contributed by atoms with Crippen LogP contribution in [-0.4, -0.2) is 71.7 Å². The van der Waals surface area contributed by atoms with E-state index < -0.39 is 11.9 Å². The van der Waals surface area contributed by atoms with Crippen LogP contribution in [0.3, 0.4) is 0 Å².